The van der Waals surface area contributed by atoms with Crippen LogP contribution in [-0.4, -0.2) is 139 Å². The van der Waals surface area contributed by atoms with Crippen LogP contribution in [0.25, 0.3) is 0 Å². The molecule has 0 aromatic heterocycles. The third-order valence-corrected chi connectivity index (χ3v) is 14.5. The van der Waals surface area contributed by atoms with E-state index in [1.165, 1.54) is 83.1 Å². The van der Waals surface area contributed by atoms with Crippen LogP contribution in [0.5, 0.6) is 0 Å². The average molecular weight is 1070 g/mol. The van der Waals surface area contributed by atoms with Crippen LogP contribution >= 0.6 is 0 Å². The maximum absolute atomic E-state index is 13.5. The minimum Gasteiger partial charge on any atom is -0.459 e. The number of rotatable bonds is 20. The number of hydrogen-bond donors (Lipinski definition) is 4. The molecule has 0 aliphatic heterocycles. The Kier molecular flexibility index (Phi) is 20.0. The van der Waals surface area contributed by atoms with Crippen molar-refractivity contribution in [2.75, 3.05) is 0 Å². The third-order valence-electron chi connectivity index (χ3n) is 14.5. The summed E-state index contributed by atoms with van der Waals surface area (Å²) in [5.74, 6) is -3.03. The fraction of sp³-hybridized carbons (Fsp3) is 0.875. The number of esters is 2. The van der Waals surface area contributed by atoms with Gasteiger partial charge in [-0.25, -0.2) is 9.59 Å². The zero-order valence-corrected chi connectivity index (χ0v) is 44.2. The van der Waals surface area contributed by atoms with E-state index >= 15 is 0 Å². The first-order valence-electron chi connectivity index (χ1n) is 23.0. The molecule has 0 amide bonds. The summed E-state index contributed by atoms with van der Waals surface area (Å²) in [5, 5.41) is 40.3. The first kappa shape index (κ1) is 67.3. The molecule has 24 heteroatoms. The third kappa shape index (κ3) is 13.6. The smallest absolute Gasteiger partial charge is 0.428 e. The van der Waals surface area contributed by atoms with Crippen molar-refractivity contribution < 1.29 is 111 Å². The van der Waals surface area contributed by atoms with Crippen LogP contribution in [0.2, 0.25) is 0 Å². The van der Waals surface area contributed by atoms with Crippen LogP contribution in [-0.2, 0) is 38.0 Å². The van der Waals surface area contributed by atoms with Gasteiger partial charge < -0.3 is 48.8 Å². The summed E-state index contributed by atoms with van der Waals surface area (Å²) in [6.45, 7) is 31.4. The Hall–Kier alpha value is -2.74. The molecule has 12 nitrogen and oxygen atoms in total. The monoisotopic (exact) mass is 1070 g/mol. The Balaban J connectivity index is 0.000000720. The van der Waals surface area contributed by atoms with Gasteiger partial charge in [0.15, 0.2) is 0 Å². The van der Waals surface area contributed by atoms with Gasteiger partial charge in [-0.05, 0) is 150 Å². The molecule has 2 saturated carbocycles. The molecule has 2 fully saturated rings. The molecule has 0 radical (unpaired) electrons. The summed E-state index contributed by atoms with van der Waals surface area (Å²) in [4.78, 5) is 24.5. The summed E-state index contributed by atoms with van der Waals surface area (Å²) in [6.07, 6.45) is -32.9. The maximum atomic E-state index is 13.5. The highest BCUT2D eigenvalue weighted by molar-refractivity contribution is 5.87. The molecule has 9 unspecified atom stereocenters. The SMILES string of the molecule is C=C(C)C(=O)OC1CC(C(C)(C)OC(C)C(O)(C(F)(F)F)C(F)(F)F)C1C(C)(C)OC(C)C(C)(C)O.C=C(C)C(=O)OC1CCC1(C(C)(C)OC(C)C(C)(C)O)C(C)(C)OC(C)C(O)(C(F)(F)F)C(F)(F)F. The van der Waals surface area contributed by atoms with Crippen LogP contribution in [0.15, 0.2) is 24.3 Å². The van der Waals surface area contributed by atoms with E-state index in [0.717, 1.165) is 0 Å². The van der Waals surface area contributed by atoms with Gasteiger partial charge in [0.2, 0.25) is 0 Å². The second-order valence-electron chi connectivity index (χ2n) is 22.4. The normalized spacial score (nSPS) is 24.1. The highest BCUT2D eigenvalue weighted by atomic mass is 19.4. The topological polar surface area (TPSA) is 170 Å². The van der Waals surface area contributed by atoms with Crippen molar-refractivity contribution in [1.29, 1.82) is 0 Å². The Labute approximate surface area is 414 Å². The summed E-state index contributed by atoms with van der Waals surface area (Å²) >= 11 is 0. The van der Waals surface area contributed by atoms with Gasteiger partial charge in [-0.15, -0.1) is 0 Å². The van der Waals surface area contributed by atoms with Crippen molar-refractivity contribution >= 4 is 11.9 Å². The van der Waals surface area contributed by atoms with Crippen molar-refractivity contribution in [3.63, 3.8) is 0 Å². The molecular formula is C48H76F12O12. The molecule has 2 aliphatic rings. The molecule has 0 bridgehead atoms. The highest BCUT2D eigenvalue weighted by Crippen LogP contribution is 2.62. The largest absolute Gasteiger partial charge is 0.459 e. The Morgan fingerprint density at radius 1 is 0.514 bits per heavy atom. The van der Waals surface area contributed by atoms with E-state index in [4.69, 9.17) is 28.4 Å². The average Bonchev–Trinajstić information content (AvgIpc) is 3.09. The number of halogens is 12. The van der Waals surface area contributed by atoms with Crippen molar-refractivity contribution in [2.45, 2.75) is 250 Å². The quantitative estimate of drug-likeness (QED) is 0.0518. The van der Waals surface area contributed by atoms with Crippen molar-refractivity contribution in [1.82, 2.24) is 0 Å². The number of carbonyl (C=O) groups is 2. The van der Waals surface area contributed by atoms with Crippen molar-refractivity contribution in [2.24, 2.45) is 17.3 Å². The standard InChI is InChI=1S/2C24H38F6O6/c1-13(2)17(31)34-16-11-12-21(16,19(7,8)35-14(3)18(5,6)32)20(9,10)36-15(4)22(33,23(25,26)27)24(28,29)30;1-12(2)18(31)34-16-11-15(17(16)21(9,10)35-13(3)19(5,6)32)20(7,8)36-14(4)22(33,23(25,26)27)24(28,29)30/h14-16,32-33H,1,11-12H2,2-10H3;13-17,32-33H,1,11H2,2-10H3. The van der Waals surface area contributed by atoms with E-state index < -0.39 is 135 Å². The van der Waals surface area contributed by atoms with Crippen molar-refractivity contribution in [3.05, 3.63) is 24.3 Å². The van der Waals surface area contributed by atoms with Gasteiger partial charge in [-0.1, -0.05) is 13.2 Å². The van der Waals surface area contributed by atoms with E-state index in [-0.39, 0.29) is 30.4 Å². The predicted octanol–water partition coefficient (Wildman–Crippen LogP) is 10.4. The minimum atomic E-state index is -6.10. The van der Waals surface area contributed by atoms with E-state index in [2.05, 4.69) is 13.2 Å². The summed E-state index contributed by atoms with van der Waals surface area (Å²) in [5.41, 5.74) is -20.4. The summed E-state index contributed by atoms with van der Waals surface area (Å²) in [7, 11) is 0. The van der Waals surface area contributed by atoms with Gasteiger partial charge >= 0.3 is 36.6 Å². The van der Waals surface area contributed by atoms with Gasteiger partial charge in [0.05, 0.1) is 51.2 Å². The summed E-state index contributed by atoms with van der Waals surface area (Å²) in [6, 6.07) is 0. The first-order chi connectivity index (χ1) is 31.4. The Morgan fingerprint density at radius 2 is 0.819 bits per heavy atom. The van der Waals surface area contributed by atoms with Gasteiger partial charge in [-0.3, -0.25) is 0 Å². The van der Waals surface area contributed by atoms with Gasteiger partial charge in [0.25, 0.3) is 11.2 Å². The second kappa shape index (κ2) is 21.4. The molecule has 0 heterocycles. The van der Waals surface area contributed by atoms with E-state index in [9.17, 15) is 82.7 Å². The van der Waals surface area contributed by atoms with Crippen LogP contribution < -0.4 is 0 Å². The number of ether oxygens (including phenoxy) is 6. The van der Waals surface area contributed by atoms with Crippen LogP contribution in [0, 0.1) is 17.3 Å². The lowest BCUT2D eigenvalue weighted by molar-refractivity contribution is -0.408. The molecule has 72 heavy (non-hydrogen) atoms. The minimum absolute atomic E-state index is 0.0370. The number of aliphatic hydroxyl groups is 4. The van der Waals surface area contributed by atoms with Gasteiger partial charge in [-0.2, -0.15) is 52.7 Å². The number of alkyl halides is 12. The summed E-state index contributed by atoms with van der Waals surface area (Å²) < 4.78 is 195. The number of carbonyl (C=O) groups excluding carboxylic acids is 2. The van der Waals surface area contributed by atoms with Gasteiger partial charge in [0, 0.05) is 17.1 Å². The molecular weight excluding hydrogens is 996 g/mol. The molecule has 0 aromatic rings. The Bertz CT molecular complexity index is 1880. The predicted molar refractivity (Wildman–Crippen MR) is 238 cm³/mol. The molecule has 2 aliphatic carbocycles. The molecule has 2 rings (SSSR count). The number of hydrogen-bond acceptors (Lipinski definition) is 12. The lowest BCUT2D eigenvalue weighted by atomic mass is 9.50. The lowest BCUT2D eigenvalue weighted by Crippen LogP contribution is -2.73. The fourth-order valence-electron chi connectivity index (χ4n) is 9.53. The van der Waals surface area contributed by atoms with Crippen LogP contribution in [0.4, 0.5) is 52.7 Å². The van der Waals surface area contributed by atoms with E-state index in [1.54, 1.807) is 27.7 Å². The Morgan fingerprint density at radius 3 is 1.12 bits per heavy atom. The molecule has 0 saturated heterocycles. The molecule has 424 valence electrons. The van der Waals surface area contributed by atoms with Crippen LogP contribution in [0.3, 0.4) is 0 Å². The molecule has 4 N–H and O–H groups in total. The van der Waals surface area contributed by atoms with Crippen LogP contribution in [0.1, 0.15) is 144 Å². The second-order valence-corrected chi connectivity index (χ2v) is 22.4. The van der Waals surface area contributed by atoms with Gasteiger partial charge in [0.1, 0.15) is 24.4 Å². The maximum Gasteiger partial charge on any atom is 0.428 e. The van der Waals surface area contributed by atoms with Crippen molar-refractivity contribution in [3.8, 4) is 0 Å². The molecule has 0 aromatic carbocycles. The molecule has 0 spiro atoms. The zero-order valence-electron chi connectivity index (χ0n) is 44.2. The highest BCUT2D eigenvalue weighted by Gasteiger charge is 2.77. The lowest BCUT2D eigenvalue weighted by Gasteiger charge is -2.64. The zero-order chi connectivity index (χ0) is 57.8. The fourth-order valence-corrected chi connectivity index (χ4v) is 9.53. The van der Waals surface area contributed by atoms with E-state index in [0.29, 0.717) is 13.8 Å². The van der Waals surface area contributed by atoms with E-state index in [1.807, 2.05) is 0 Å². The first-order valence-corrected chi connectivity index (χ1v) is 23.0. The molecule has 9 atom stereocenters.